The molecule has 0 radical (unpaired) electrons. The molecular weight excluding hydrogens is 238 g/mol. The second-order valence-corrected chi connectivity index (χ2v) is 5.01. The predicted octanol–water partition coefficient (Wildman–Crippen LogP) is 2.02. The Kier molecular flexibility index (Phi) is 4.12. The summed E-state index contributed by atoms with van der Waals surface area (Å²) >= 11 is 0. The fraction of sp³-hybridized carbons (Fsp3) is 0.333. The fourth-order valence-electron chi connectivity index (χ4n) is 1.96. The van der Waals surface area contributed by atoms with Crippen LogP contribution in [0.3, 0.4) is 0 Å². The topological polar surface area (TPSA) is 60.9 Å². The average Bonchev–Trinajstić information content (AvgIpc) is 2.41. The Hall–Kier alpha value is -1.94. The second kappa shape index (κ2) is 5.80. The maximum atomic E-state index is 12.1. The molecule has 0 aliphatic carbocycles. The Morgan fingerprint density at radius 2 is 1.95 bits per heavy atom. The predicted molar refractivity (Wildman–Crippen MR) is 76.7 cm³/mol. The molecule has 0 bridgehead atoms. The first kappa shape index (κ1) is 13.5. The lowest BCUT2D eigenvalue weighted by Gasteiger charge is -2.11. The summed E-state index contributed by atoms with van der Waals surface area (Å²) in [4.78, 5) is 12.1. The highest BCUT2D eigenvalue weighted by molar-refractivity contribution is 5.58. The Morgan fingerprint density at radius 1 is 1.26 bits per heavy atom. The number of hydrogen-bond donors (Lipinski definition) is 1. The molecule has 0 unspecified atom stereocenters. The van der Waals surface area contributed by atoms with Crippen LogP contribution in [0.1, 0.15) is 19.4 Å². The van der Waals surface area contributed by atoms with Crippen LogP contribution in [0.2, 0.25) is 0 Å². The Balaban J connectivity index is 2.54. The van der Waals surface area contributed by atoms with Crippen molar-refractivity contribution in [3.63, 3.8) is 0 Å². The number of nitrogens with zero attached hydrogens (tertiary/aromatic N) is 2. The normalized spacial score (nSPS) is 10.9. The third-order valence-corrected chi connectivity index (χ3v) is 2.88. The van der Waals surface area contributed by atoms with Crippen LogP contribution in [0.15, 0.2) is 41.2 Å². The van der Waals surface area contributed by atoms with E-state index >= 15 is 0 Å². The fourth-order valence-corrected chi connectivity index (χ4v) is 1.96. The van der Waals surface area contributed by atoms with Crippen molar-refractivity contribution in [1.82, 2.24) is 9.78 Å². The van der Waals surface area contributed by atoms with E-state index in [9.17, 15) is 4.79 Å². The summed E-state index contributed by atoms with van der Waals surface area (Å²) in [5, 5.41) is 4.44. The van der Waals surface area contributed by atoms with Crippen molar-refractivity contribution in [1.29, 1.82) is 0 Å². The Morgan fingerprint density at radius 3 is 2.53 bits per heavy atom. The van der Waals surface area contributed by atoms with E-state index < -0.39 is 0 Å². The van der Waals surface area contributed by atoms with Crippen LogP contribution in [0, 0.1) is 5.92 Å². The van der Waals surface area contributed by atoms with Crippen molar-refractivity contribution in [2.24, 2.45) is 11.7 Å². The third-order valence-electron chi connectivity index (χ3n) is 2.88. The summed E-state index contributed by atoms with van der Waals surface area (Å²) in [6.45, 7) is 4.96. The van der Waals surface area contributed by atoms with Crippen molar-refractivity contribution in [3.05, 3.63) is 52.3 Å². The monoisotopic (exact) mass is 257 g/mol. The highest BCUT2D eigenvalue weighted by Crippen LogP contribution is 2.15. The van der Waals surface area contributed by atoms with E-state index in [4.69, 9.17) is 5.73 Å². The molecule has 0 fully saturated rings. The van der Waals surface area contributed by atoms with Crippen molar-refractivity contribution in [2.45, 2.75) is 26.9 Å². The van der Waals surface area contributed by atoms with Gasteiger partial charge in [-0.15, -0.1) is 0 Å². The second-order valence-electron chi connectivity index (χ2n) is 5.01. The third kappa shape index (κ3) is 3.09. The molecule has 2 rings (SSSR count). The summed E-state index contributed by atoms with van der Waals surface area (Å²) in [7, 11) is 0. The zero-order valence-corrected chi connectivity index (χ0v) is 11.3. The standard InChI is InChI=1S/C15H19N3O/c1-11(2)10-18-15(19)13(9-16)8-14(17-18)12-6-4-3-5-7-12/h3-8,11H,9-10,16H2,1-2H3. The molecule has 0 amide bonds. The van der Waals surface area contributed by atoms with E-state index in [0.29, 0.717) is 18.0 Å². The van der Waals surface area contributed by atoms with Crippen molar-refractivity contribution in [3.8, 4) is 11.3 Å². The molecule has 2 aromatic rings. The van der Waals surface area contributed by atoms with E-state index in [1.54, 1.807) is 6.07 Å². The summed E-state index contributed by atoms with van der Waals surface area (Å²) < 4.78 is 1.52. The van der Waals surface area contributed by atoms with Gasteiger partial charge in [0.1, 0.15) is 0 Å². The van der Waals surface area contributed by atoms with Gasteiger partial charge in [-0.3, -0.25) is 4.79 Å². The van der Waals surface area contributed by atoms with E-state index in [-0.39, 0.29) is 12.1 Å². The smallest absolute Gasteiger partial charge is 0.271 e. The average molecular weight is 257 g/mol. The molecule has 4 nitrogen and oxygen atoms in total. The quantitative estimate of drug-likeness (QED) is 0.911. The molecule has 0 saturated carbocycles. The van der Waals surface area contributed by atoms with Gasteiger partial charge in [0.05, 0.1) is 5.69 Å². The van der Waals surface area contributed by atoms with Gasteiger partial charge in [-0.25, -0.2) is 4.68 Å². The van der Waals surface area contributed by atoms with Gasteiger partial charge < -0.3 is 5.73 Å². The molecule has 1 aromatic carbocycles. The summed E-state index contributed by atoms with van der Waals surface area (Å²) in [5.41, 5.74) is 7.96. The SMILES string of the molecule is CC(C)Cn1nc(-c2ccccc2)cc(CN)c1=O. The van der Waals surface area contributed by atoms with Gasteiger partial charge in [0.25, 0.3) is 5.56 Å². The highest BCUT2D eigenvalue weighted by Gasteiger charge is 2.09. The number of benzene rings is 1. The zero-order chi connectivity index (χ0) is 13.8. The zero-order valence-electron chi connectivity index (χ0n) is 11.3. The molecule has 2 N–H and O–H groups in total. The summed E-state index contributed by atoms with van der Waals surface area (Å²) in [5.74, 6) is 0.363. The Bertz CT molecular complexity index is 603. The van der Waals surface area contributed by atoms with Crippen LogP contribution >= 0.6 is 0 Å². The first-order valence-corrected chi connectivity index (χ1v) is 6.48. The van der Waals surface area contributed by atoms with E-state index in [1.807, 2.05) is 30.3 Å². The number of hydrogen-bond acceptors (Lipinski definition) is 3. The van der Waals surface area contributed by atoms with Gasteiger partial charge >= 0.3 is 0 Å². The molecule has 1 heterocycles. The van der Waals surface area contributed by atoms with Crippen LogP contribution in [0.25, 0.3) is 11.3 Å². The van der Waals surface area contributed by atoms with Crippen LogP contribution in [-0.4, -0.2) is 9.78 Å². The summed E-state index contributed by atoms with van der Waals surface area (Å²) in [6, 6.07) is 11.6. The highest BCUT2D eigenvalue weighted by atomic mass is 16.1. The van der Waals surface area contributed by atoms with Gasteiger partial charge in [0.2, 0.25) is 0 Å². The van der Waals surface area contributed by atoms with Crippen molar-refractivity contribution >= 4 is 0 Å². The lowest BCUT2D eigenvalue weighted by atomic mass is 10.1. The maximum Gasteiger partial charge on any atom is 0.271 e. The Labute approximate surface area is 112 Å². The molecule has 1 aromatic heterocycles. The van der Waals surface area contributed by atoms with Gasteiger partial charge in [-0.1, -0.05) is 44.2 Å². The van der Waals surface area contributed by atoms with Crippen LogP contribution in [0.5, 0.6) is 0 Å². The summed E-state index contributed by atoms with van der Waals surface area (Å²) in [6.07, 6.45) is 0. The molecule has 19 heavy (non-hydrogen) atoms. The van der Waals surface area contributed by atoms with E-state index in [1.165, 1.54) is 4.68 Å². The minimum absolute atomic E-state index is 0.0871. The van der Waals surface area contributed by atoms with Gasteiger partial charge in [0.15, 0.2) is 0 Å². The van der Waals surface area contributed by atoms with E-state index in [0.717, 1.165) is 11.3 Å². The van der Waals surface area contributed by atoms with Gasteiger partial charge in [-0.2, -0.15) is 5.10 Å². The first-order valence-electron chi connectivity index (χ1n) is 6.48. The molecule has 0 saturated heterocycles. The largest absolute Gasteiger partial charge is 0.326 e. The lowest BCUT2D eigenvalue weighted by Crippen LogP contribution is -2.29. The van der Waals surface area contributed by atoms with Gasteiger partial charge in [0, 0.05) is 24.2 Å². The molecular formula is C15H19N3O. The van der Waals surface area contributed by atoms with Crippen molar-refractivity contribution < 1.29 is 0 Å². The molecule has 0 spiro atoms. The maximum absolute atomic E-state index is 12.1. The van der Waals surface area contributed by atoms with Crippen molar-refractivity contribution in [2.75, 3.05) is 0 Å². The minimum Gasteiger partial charge on any atom is -0.326 e. The van der Waals surface area contributed by atoms with Crippen LogP contribution < -0.4 is 11.3 Å². The van der Waals surface area contributed by atoms with E-state index in [2.05, 4.69) is 18.9 Å². The first-order chi connectivity index (χ1) is 9.11. The molecule has 0 aliphatic heterocycles. The number of nitrogens with two attached hydrogens (primary N) is 1. The van der Waals surface area contributed by atoms with Gasteiger partial charge in [-0.05, 0) is 12.0 Å². The van der Waals surface area contributed by atoms with Crippen LogP contribution in [0.4, 0.5) is 0 Å². The molecule has 4 heteroatoms. The number of aromatic nitrogens is 2. The molecule has 100 valence electrons. The number of rotatable bonds is 4. The minimum atomic E-state index is -0.0871. The lowest BCUT2D eigenvalue weighted by molar-refractivity contribution is 0.462. The van der Waals surface area contributed by atoms with Crippen LogP contribution in [-0.2, 0) is 13.1 Å². The molecule has 0 aliphatic rings. The molecule has 0 atom stereocenters.